The number of rotatable bonds is 7. The molecule has 0 radical (unpaired) electrons. The molecule has 0 saturated carbocycles. The van der Waals surface area contributed by atoms with E-state index in [1.54, 1.807) is 12.1 Å². The van der Waals surface area contributed by atoms with Crippen LogP contribution in [0.5, 0.6) is 0 Å². The van der Waals surface area contributed by atoms with Gasteiger partial charge in [-0.15, -0.1) is 0 Å². The van der Waals surface area contributed by atoms with Gasteiger partial charge in [0, 0.05) is 37.5 Å². The molecule has 2 aromatic carbocycles. The monoisotopic (exact) mass is 285 g/mol. The largest absolute Gasteiger partial charge is 0.384 e. The van der Waals surface area contributed by atoms with Crippen molar-refractivity contribution < 1.29 is 4.92 Å². The summed E-state index contributed by atoms with van der Waals surface area (Å²) in [6.07, 6.45) is 0. The Bertz CT molecular complexity index is 597. The number of nitrogens with zero attached hydrogens (tertiary/aromatic N) is 1. The maximum absolute atomic E-state index is 10.5. The van der Waals surface area contributed by atoms with Gasteiger partial charge in [-0.2, -0.15) is 0 Å². The number of nitro groups is 1. The molecule has 21 heavy (non-hydrogen) atoms. The highest BCUT2D eigenvalue weighted by Gasteiger charge is 2.03. The standard InChI is InChI=1S/C16H19N3O2/c1-13-4-2-3-5-14(13)12-17-10-11-18-15-6-8-16(9-7-15)19(20)21/h2-9,17-18H,10-12H2,1H3. The molecule has 0 bridgehead atoms. The average molecular weight is 285 g/mol. The van der Waals surface area contributed by atoms with Crippen LogP contribution in [0, 0.1) is 17.0 Å². The Kier molecular flexibility index (Phi) is 5.29. The van der Waals surface area contributed by atoms with Gasteiger partial charge in [0.05, 0.1) is 4.92 Å². The number of nitro benzene ring substituents is 1. The van der Waals surface area contributed by atoms with E-state index in [0.717, 1.165) is 25.3 Å². The van der Waals surface area contributed by atoms with Gasteiger partial charge >= 0.3 is 0 Å². The van der Waals surface area contributed by atoms with Gasteiger partial charge < -0.3 is 10.6 Å². The predicted octanol–water partition coefficient (Wildman–Crippen LogP) is 3.10. The van der Waals surface area contributed by atoms with Gasteiger partial charge in [-0.25, -0.2) is 0 Å². The highest BCUT2D eigenvalue weighted by atomic mass is 16.6. The average Bonchev–Trinajstić information content (AvgIpc) is 2.49. The van der Waals surface area contributed by atoms with Crippen molar-refractivity contribution in [3.63, 3.8) is 0 Å². The topological polar surface area (TPSA) is 67.2 Å². The minimum absolute atomic E-state index is 0.109. The van der Waals surface area contributed by atoms with Crippen LogP contribution in [0.4, 0.5) is 11.4 Å². The van der Waals surface area contributed by atoms with Crippen molar-refractivity contribution in [3.05, 3.63) is 69.8 Å². The molecule has 0 fully saturated rings. The quantitative estimate of drug-likeness (QED) is 0.466. The van der Waals surface area contributed by atoms with Gasteiger partial charge in [0.1, 0.15) is 0 Å². The molecule has 0 heterocycles. The lowest BCUT2D eigenvalue weighted by atomic mass is 10.1. The lowest BCUT2D eigenvalue weighted by molar-refractivity contribution is -0.384. The van der Waals surface area contributed by atoms with Crippen LogP contribution in [0.2, 0.25) is 0 Å². The molecule has 5 heteroatoms. The van der Waals surface area contributed by atoms with Gasteiger partial charge in [-0.1, -0.05) is 24.3 Å². The highest BCUT2D eigenvalue weighted by Crippen LogP contribution is 2.14. The first-order valence-electron chi connectivity index (χ1n) is 6.90. The Balaban J connectivity index is 1.70. The van der Waals surface area contributed by atoms with Crippen molar-refractivity contribution >= 4 is 11.4 Å². The zero-order valence-electron chi connectivity index (χ0n) is 12.0. The summed E-state index contributed by atoms with van der Waals surface area (Å²) in [5, 5.41) is 17.1. The molecule has 0 saturated heterocycles. The fourth-order valence-electron chi connectivity index (χ4n) is 2.03. The second kappa shape index (κ2) is 7.40. The fourth-order valence-corrected chi connectivity index (χ4v) is 2.03. The van der Waals surface area contributed by atoms with Crippen LogP contribution >= 0.6 is 0 Å². The van der Waals surface area contributed by atoms with Crippen molar-refractivity contribution in [2.75, 3.05) is 18.4 Å². The smallest absolute Gasteiger partial charge is 0.269 e. The molecule has 2 N–H and O–H groups in total. The summed E-state index contributed by atoms with van der Waals surface area (Å²) in [5.41, 5.74) is 3.58. The van der Waals surface area contributed by atoms with Crippen LogP contribution in [0.25, 0.3) is 0 Å². The summed E-state index contributed by atoms with van der Waals surface area (Å²) in [7, 11) is 0. The molecule has 2 rings (SSSR count). The minimum Gasteiger partial charge on any atom is -0.384 e. The summed E-state index contributed by atoms with van der Waals surface area (Å²) in [4.78, 5) is 10.2. The van der Waals surface area contributed by atoms with E-state index in [2.05, 4.69) is 29.7 Å². The number of benzene rings is 2. The molecular formula is C16H19N3O2. The molecule has 5 nitrogen and oxygen atoms in total. The van der Waals surface area contributed by atoms with E-state index in [1.165, 1.54) is 23.3 Å². The number of aryl methyl sites for hydroxylation is 1. The molecule has 0 atom stereocenters. The normalized spacial score (nSPS) is 10.3. The third-order valence-corrected chi connectivity index (χ3v) is 3.29. The predicted molar refractivity (Wildman–Crippen MR) is 84.5 cm³/mol. The van der Waals surface area contributed by atoms with Gasteiger partial charge in [0.15, 0.2) is 0 Å². The number of non-ortho nitro benzene ring substituents is 1. The summed E-state index contributed by atoms with van der Waals surface area (Å²) in [6.45, 7) is 4.54. The number of hydrogen-bond donors (Lipinski definition) is 2. The SMILES string of the molecule is Cc1ccccc1CNCCNc1ccc([N+](=O)[O-])cc1. The Morgan fingerprint density at radius 2 is 1.76 bits per heavy atom. The van der Waals surface area contributed by atoms with Gasteiger partial charge in [0.2, 0.25) is 0 Å². The summed E-state index contributed by atoms with van der Waals surface area (Å²) >= 11 is 0. The van der Waals surface area contributed by atoms with E-state index in [9.17, 15) is 10.1 Å². The molecule has 0 spiro atoms. The molecule has 0 amide bonds. The van der Waals surface area contributed by atoms with Gasteiger partial charge in [0.25, 0.3) is 5.69 Å². The zero-order valence-corrected chi connectivity index (χ0v) is 12.0. The third-order valence-electron chi connectivity index (χ3n) is 3.29. The molecule has 2 aromatic rings. The summed E-state index contributed by atoms with van der Waals surface area (Å²) in [5.74, 6) is 0. The zero-order chi connectivity index (χ0) is 15.1. The molecule has 0 aliphatic rings. The first-order chi connectivity index (χ1) is 10.2. The third kappa shape index (κ3) is 4.57. The molecule has 110 valence electrons. The van der Waals surface area contributed by atoms with Gasteiger partial charge in [-0.05, 0) is 30.2 Å². The van der Waals surface area contributed by atoms with Crippen LogP contribution in [-0.4, -0.2) is 18.0 Å². The van der Waals surface area contributed by atoms with E-state index < -0.39 is 4.92 Å². The maximum Gasteiger partial charge on any atom is 0.269 e. The first kappa shape index (κ1) is 15.0. The molecular weight excluding hydrogens is 266 g/mol. The van der Waals surface area contributed by atoms with Crippen LogP contribution < -0.4 is 10.6 Å². The van der Waals surface area contributed by atoms with Crippen molar-refractivity contribution in [1.82, 2.24) is 5.32 Å². The Labute approximate surface area is 124 Å². The van der Waals surface area contributed by atoms with Crippen molar-refractivity contribution in [2.45, 2.75) is 13.5 Å². The van der Waals surface area contributed by atoms with E-state index in [0.29, 0.717) is 0 Å². The van der Waals surface area contributed by atoms with Crippen LogP contribution in [-0.2, 0) is 6.54 Å². The lowest BCUT2D eigenvalue weighted by Crippen LogP contribution is -2.22. The van der Waals surface area contributed by atoms with Crippen LogP contribution in [0.3, 0.4) is 0 Å². The lowest BCUT2D eigenvalue weighted by Gasteiger charge is -2.09. The summed E-state index contributed by atoms with van der Waals surface area (Å²) in [6, 6.07) is 14.7. The van der Waals surface area contributed by atoms with Gasteiger partial charge in [-0.3, -0.25) is 10.1 Å². The number of nitrogens with one attached hydrogen (secondary N) is 2. The molecule has 0 aliphatic heterocycles. The number of anilines is 1. The van der Waals surface area contributed by atoms with Crippen LogP contribution in [0.15, 0.2) is 48.5 Å². The van der Waals surface area contributed by atoms with E-state index in [1.807, 2.05) is 12.1 Å². The van der Waals surface area contributed by atoms with Crippen molar-refractivity contribution in [3.8, 4) is 0 Å². The van der Waals surface area contributed by atoms with Crippen LogP contribution in [0.1, 0.15) is 11.1 Å². The second-order valence-electron chi connectivity index (χ2n) is 4.83. The van der Waals surface area contributed by atoms with Crippen molar-refractivity contribution in [2.24, 2.45) is 0 Å². The minimum atomic E-state index is -0.395. The van der Waals surface area contributed by atoms with Crippen molar-refractivity contribution in [1.29, 1.82) is 0 Å². The van der Waals surface area contributed by atoms with E-state index in [-0.39, 0.29) is 5.69 Å². The highest BCUT2D eigenvalue weighted by molar-refractivity contribution is 5.48. The number of hydrogen-bond acceptors (Lipinski definition) is 4. The molecule has 0 unspecified atom stereocenters. The maximum atomic E-state index is 10.5. The van der Waals surface area contributed by atoms with E-state index in [4.69, 9.17) is 0 Å². The Morgan fingerprint density at radius 1 is 1.05 bits per heavy atom. The molecule has 0 aromatic heterocycles. The first-order valence-corrected chi connectivity index (χ1v) is 6.90. The molecule has 0 aliphatic carbocycles. The fraction of sp³-hybridized carbons (Fsp3) is 0.250. The van der Waals surface area contributed by atoms with E-state index >= 15 is 0 Å². The Morgan fingerprint density at radius 3 is 2.43 bits per heavy atom. The second-order valence-corrected chi connectivity index (χ2v) is 4.83. The Hall–Kier alpha value is -2.40. The summed E-state index contributed by atoms with van der Waals surface area (Å²) < 4.78 is 0.